The number of likely N-dealkylation sites (N-methyl/N-ethyl adjacent to an activating group) is 1. The van der Waals surface area contributed by atoms with E-state index < -0.39 is 0 Å². The molecule has 2 aromatic rings. The molecule has 0 aliphatic heterocycles. The summed E-state index contributed by atoms with van der Waals surface area (Å²) in [7, 11) is 0. The van der Waals surface area contributed by atoms with Crippen LogP contribution in [0.5, 0.6) is 0 Å². The van der Waals surface area contributed by atoms with Crippen LogP contribution in [0.3, 0.4) is 0 Å². The maximum Gasteiger partial charge on any atom is 0.173 e. The minimum absolute atomic E-state index is 0.225. The Kier molecular flexibility index (Phi) is 4.34. The Labute approximate surface area is 109 Å². The van der Waals surface area contributed by atoms with Gasteiger partial charge in [0.1, 0.15) is 0 Å². The van der Waals surface area contributed by atoms with Crippen molar-refractivity contribution in [1.29, 1.82) is 0 Å². The predicted octanol–water partition coefficient (Wildman–Crippen LogP) is 3.33. The highest BCUT2D eigenvalue weighted by molar-refractivity contribution is 9.10. The molecule has 0 saturated heterocycles. The van der Waals surface area contributed by atoms with Crippen LogP contribution in [0.1, 0.15) is 24.2 Å². The van der Waals surface area contributed by atoms with Crippen molar-refractivity contribution in [2.45, 2.75) is 19.4 Å². The van der Waals surface area contributed by atoms with Gasteiger partial charge in [-0.15, -0.1) is 0 Å². The SMILES string of the molecule is CCNC(Cc1ccccn1)c1ccoc1Br. The largest absolute Gasteiger partial charge is 0.457 e. The van der Waals surface area contributed by atoms with E-state index in [1.54, 1.807) is 6.26 Å². The Hall–Kier alpha value is -1.13. The lowest BCUT2D eigenvalue weighted by molar-refractivity contribution is 0.504. The maximum absolute atomic E-state index is 5.29. The minimum Gasteiger partial charge on any atom is -0.457 e. The maximum atomic E-state index is 5.29. The molecular weight excluding hydrogens is 280 g/mol. The molecule has 90 valence electrons. The van der Waals surface area contributed by atoms with Gasteiger partial charge in [-0.05, 0) is 40.7 Å². The highest BCUT2D eigenvalue weighted by Gasteiger charge is 2.16. The van der Waals surface area contributed by atoms with Crippen LogP contribution < -0.4 is 5.32 Å². The van der Waals surface area contributed by atoms with Gasteiger partial charge < -0.3 is 9.73 Å². The molecule has 1 atom stereocenters. The minimum atomic E-state index is 0.225. The van der Waals surface area contributed by atoms with E-state index in [-0.39, 0.29) is 6.04 Å². The number of rotatable bonds is 5. The first-order valence-corrected chi connectivity index (χ1v) is 6.46. The molecule has 1 unspecified atom stereocenters. The predicted molar refractivity (Wildman–Crippen MR) is 70.8 cm³/mol. The Morgan fingerprint density at radius 1 is 1.41 bits per heavy atom. The molecule has 2 aromatic heterocycles. The van der Waals surface area contributed by atoms with Gasteiger partial charge in [-0.3, -0.25) is 4.98 Å². The third-order valence-corrected chi connectivity index (χ3v) is 3.26. The number of aromatic nitrogens is 1. The smallest absolute Gasteiger partial charge is 0.173 e. The fraction of sp³-hybridized carbons (Fsp3) is 0.308. The van der Waals surface area contributed by atoms with Crippen molar-refractivity contribution >= 4 is 15.9 Å². The van der Waals surface area contributed by atoms with E-state index >= 15 is 0 Å². The Bertz CT molecular complexity index is 455. The second-order valence-electron chi connectivity index (χ2n) is 3.79. The third-order valence-electron chi connectivity index (χ3n) is 2.61. The van der Waals surface area contributed by atoms with Gasteiger partial charge in [-0.1, -0.05) is 13.0 Å². The van der Waals surface area contributed by atoms with Gasteiger partial charge in [-0.25, -0.2) is 0 Å². The standard InChI is InChI=1S/C13H15BrN2O/c1-2-15-12(11-6-8-17-13(11)14)9-10-5-3-4-7-16-10/h3-8,12,15H,2,9H2,1H3. The second-order valence-corrected chi connectivity index (χ2v) is 4.51. The quantitative estimate of drug-likeness (QED) is 0.919. The zero-order valence-electron chi connectivity index (χ0n) is 9.69. The summed E-state index contributed by atoms with van der Waals surface area (Å²) in [5.74, 6) is 0. The van der Waals surface area contributed by atoms with Crippen LogP contribution in [0, 0.1) is 0 Å². The first kappa shape index (κ1) is 12.3. The molecule has 0 saturated carbocycles. The fourth-order valence-electron chi connectivity index (χ4n) is 1.82. The Morgan fingerprint density at radius 3 is 2.88 bits per heavy atom. The van der Waals surface area contributed by atoms with Crippen molar-refractivity contribution in [1.82, 2.24) is 10.3 Å². The van der Waals surface area contributed by atoms with E-state index in [1.165, 1.54) is 0 Å². The normalized spacial score (nSPS) is 12.6. The van der Waals surface area contributed by atoms with Crippen molar-refractivity contribution < 1.29 is 4.42 Å². The molecule has 17 heavy (non-hydrogen) atoms. The molecular formula is C13H15BrN2O. The molecule has 0 spiro atoms. The number of hydrogen-bond acceptors (Lipinski definition) is 3. The van der Waals surface area contributed by atoms with Crippen LogP contribution in [0.2, 0.25) is 0 Å². The van der Waals surface area contributed by atoms with Crippen molar-refractivity contribution in [3.05, 3.63) is 52.7 Å². The van der Waals surface area contributed by atoms with Gasteiger partial charge in [0.15, 0.2) is 4.67 Å². The average molecular weight is 295 g/mol. The molecule has 0 aliphatic carbocycles. The van der Waals surface area contributed by atoms with Gasteiger partial charge in [0.05, 0.1) is 6.26 Å². The molecule has 2 rings (SSSR count). The molecule has 0 radical (unpaired) electrons. The van der Waals surface area contributed by atoms with Crippen LogP contribution in [-0.4, -0.2) is 11.5 Å². The van der Waals surface area contributed by atoms with Crippen molar-refractivity contribution in [3.8, 4) is 0 Å². The van der Waals surface area contributed by atoms with Gasteiger partial charge >= 0.3 is 0 Å². The molecule has 0 aromatic carbocycles. The van der Waals surface area contributed by atoms with E-state index in [9.17, 15) is 0 Å². The summed E-state index contributed by atoms with van der Waals surface area (Å²) >= 11 is 3.42. The summed E-state index contributed by atoms with van der Waals surface area (Å²) in [5, 5.41) is 3.44. The van der Waals surface area contributed by atoms with Crippen LogP contribution in [0.15, 0.2) is 45.8 Å². The Morgan fingerprint density at radius 2 is 2.29 bits per heavy atom. The summed E-state index contributed by atoms with van der Waals surface area (Å²) in [5.41, 5.74) is 2.21. The van der Waals surface area contributed by atoms with Gasteiger partial charge in [-0.2, -0.15) is 0 Å². The zero-order valence-corrected chi connectivity index (χ0v) is 11.3. The van der Waals surface area contributed by atoms with Gasteiger partial charge in [0, 0.05) is 29.9 Å². The number of nitrogens with zero attached hydrogens (tertiary/aromatic N) is 1. The summed E-state index contributed by atoms with van der Waals surface area (Å²) < 4.78 is 6.08. The number of pyridine rings is 1. The number of halogens is 1. The zero-order chi connectivity index (χ0) is 12.1. The van der Waals surface area contributed by atoms with E-state index in [0.717, 1.165) is 28.9 Å². The van der Waals surface area contributed by atoms with E-state index in [4.69, 9.17) is 4.42 Å². The lowest BCUT2D eigenvalue weighted by Gasteiger charge is -2.16. The number of furan rings is 1. The molecule has 4 heteroatoms. The third kappa shape index (κ3) is 3.17. The van der Waals surface area contributed by atoms with E-state index in [1.807, 2.05) is 30.5 Å². The summed E-state index contributed by atoms with van der Waals surface area (Å²) in [4.78, 5) is 4.35. The second kappa shape index (κ2) is 5.98. The number of nitrogens with one attached hydrogen (secondary N) is 1. The van der Waals surface area contributed by atoms with Crippen LogP contribution >= 0.6 is 15.9 Å². The lowest BCUT2D eigenvalue weighted by Crippen LogP contribution is -2.23. The monoisotopic (exact) mass is 294 g/mol. The van der Waals surface area contributed by atoms with Crippen molar-refractivity contribution in [3.63, 3.8) is 0 Å². The summed E-state index contributed by atoms with van der Waals surface area (Å²) in [6, 6.07) is 8.19. The molecule has 0 aliphatic rings. The molecule has 0 amide bonds. The first-order chi connectivity index (χ1) is 8.31. The topological polar surface area (TPSA) is 38.1 Å². The van der Waals surface area contributed by atoms with Crippen molar-refractivity contribution in [2.24, 2.45) is 0 Å². The van der Waals surface area contributed by atoms with E-state index in [2.05, 4.69) is 33.2 Å². The lowest BCUT2D eigenvalue weighted by atomic mass is 10.0. The molecule has 3 nitrogen and oxygen atoms in total. The average Bonchev–Trinajstić information content (AvgIpc) is 2.76. The van der Waals surface area contributed by atoms with Crippen LogP contribution in [0.25, 0.3) is 0 Å². The van der Waals surface area contributed by atoms with Gasteiger partial charge in [0.2, 0.25) is 0 Å². The highest BCUT2D eigenvalue weighted by atomic mass is 79.9. The van der Waals surface area contributed by atoms with Crippen LogP contribution in [-0.2, 0) is 6.42 Å². The molecule has 1 N–H and O–H groups in total. The Balaban J connectivity index is 2.16. The van der Waals surface area contributed by atoms with E-state index in [0.29, 0.717) is 0 Å². The molecule has 0 bridgehead atoms. The van der Waals surface area contributed by atoms with Gasteiger partial charge in [0.25, 0.3) is 0 Å². The van der Waals surface area contributed by atoms with Crippen molar-refractivity contribution in [2.75, 3.05) is 6.54 Å². The van der Waals surface area contributed by atoms with Crippen LogP contribution in [0.4, 0.5) is 0 Å². The fourth-order valence-corrected chi connectivity index (χ4v) is 2.34. The summed E-state index contributed by atoms with van der Waals surface area (Å²) in [6.45, 7) is 3.01. The summed E-state index contributed by atoms with van der Waals surface area (Å²) in [6.07, 6.45) is 4.37. The number of hydrogen-bond donors (Lipinski definition) is 1. The molecule has 0 fully saturated rings. The first-order valence-electron chi connectivity index (χ1n) is 5.67. The highest BCUT2D eigenvalue weighted by Crippen LogP contribution is 2.26. The molecule has 2 heterocycles.